The number of aromatic nitrogens is 3. The van der Waals surface area contributed by atoms with E-state index in [-0.39, 0.29) is 11.0 Å². The van der Waals surface area contributed by atoms with Crippen molar-refractivity contribution in [1.82, 2.24) is 14.5 Å². The monoisotopic (exact) mass is 341 g/mol. The zero-order valence-corrected chi connectivity index (χ0v) is 12.9. The Balaban J connectivity index is 2.37. The molecule has 0 bridgehead atoms. The molecule has 0 aliphatic heterocycles. The Labute approximate surface area is 134 Å². The van der Waals surface area contributed by atoms with Gasteiger partial charge in [-0.3, -0.25) is 0 Å². The molecule has 23 heavy (non-hydrogen) atoms. The van der Waals surface area contributed by atoms with E-state index in [1.165, 1.54) is 7.11 Å². The highest BCUT2D eigenvalue weighted by atomic mass is 35.5. The molecule has 0 aliphatic rings. The molecule has 0 aliphatic carbocycles. The van der Waals surface area contributed by atoms with Crippen molar-refractivity contribution in [3.05, 3.63) is 41.4 Å². The second-order valence-electron chi connectivity index (χ2n) is 4.91. The molecule has 0 fully saturated rings. The van der Waals surface area contributed by atoms with Gasteiger partial charge < -0.3 is 9.30 Å². The summed E-state index contributed by atoms with van der Waals surface area (Å²) in [6.07, 6.45) is -2.31. The third-order valence-electron chi connectivity index (χ3n) is 3.50. The Bertz CT molecular complexity index is 890. The van der Waals surface area contributed by atoms with Crippen LogP contribution in [0, 0.1) is 0 Å². The highest BCUT2D eigenvalue weighted by molar-refractivity contribution is 6.28. The van der Waals surface area contributed by atoms with Gasteiger partial charge in [0, 0.05) is 30.4 Å². The molecule has 1 aromatic carbocycles. The Morgan fingerprint density at radius 2 is 2.00 bits per heavy atom. The van der Waals surface area contributed by atoms with Crippen molar-refractivity contribution in [2.45, 2.75) is 6.18 Å². The molecule has 120 valence electrons. The quantitative estimate of drug-likeness (QED) is 0.652. The van der Waals surface area contributed by atoms with Crippen LogP contribution < -0.4 is 4.74 Å². The maximum atomic E-state index is 13.3. The maximum absolute atomic E-state index is 13.3. The van der Waals surface area contributed by atoms with E-state index < -0.39 is 11.7 Å². The molecule has 0 unspecified atom stereocenters. The number of rotatable bonds is 2. The number of aryl methyl sites for hydroxylation is 1. The number of benzene rings is 1. The Morgan fingerprint density at radius 1 is 1.26 bits per heavy atom. The lowest BCUT2D eigenvalue weighted by atomic mass is 10.1. The molecule has 4 nitrogen and oxygen atoms in total. The van der Waals surface area contributed by atoms with E-state index in [1.54, 1.807) is 36.0 Å². The second kappa shape index (κ2) is 5.42. The molecule has 0 saturated carbocycles. The molecule has 0 spiro atoms. The van der Waals surface area contributed by atoms with E-state index in [0.29, 0.717) is 28.4 Å². The summed E-state index contributed by atoms with van der Waals surface area (Å²) in [4.78, 5) is 7.26. The summed E-state index contributed by atoms with van der Waals surface area (Å²) in [5.41, 5.74) is -0.195. The van der Waals surface area contributed by atoms with E-state index >= 15 is 0 Å². The smallest absolute Gasteiger partial charge is 0.419 e. The Morgan fingerprint density at radius 3 is 2.65 bits per heavy atom. The summed E-state index contributed by atoms with van der Waals surface area (Å²) >= 11 is 5.71. The third-order valence-corrected chi connectivity index (χ3v) is 3.69. The van der Waals surface area contributed by atoms with Gasteiger partial charge >= 0.3 is 6.18 Å². The van der Waals surface area contributed by atoms with E-state index in [1.807, 2.05) is 0 Å². The van der Waals surface area contributed by atoms with Gasteiger partial charge in [-0.2, -0.15) is 13.2 Å². The third kappa shape index (κ3) is 2.61. The molecule has 3 rings (SSSR count). The zero-order chi connectivity index (χ0) is 16.8. The fourth-order valence-electron chi connectivity index (χ4n) is 2.56. The van der Waals surface area contributed by atoms with Gasteiger partial charge in [-0.15, -0.1) is 0 Å². The van der Waals surface area contributed by atoms with Gasteiger partial charge in [-0.1, -0.05) is 12.1 Å². The summed E-state index contributed by atoms with van der Waals surface area (Å²) in [5.74, 6) is 0.560. The van der Waals surface area contributed by atoms with Gasteiger partial charge in [0.1, 0.15) is 11.3 Å². The highest BCUT2D eigenvalue weighted by Crippen LogP contribution is 2.40. The van der Waals surface area contributed by atoms with E-state index in [9.17, 15) is 13.2 Å². The molecule has 0 saturated heterocycles. The molecular formula is C15H11ClF3N3O. The van der Waals surface area contributed by atoms with Crippen LogP contribution in [0.5, 0.6) is 5.75 Å². The Hall–Kier alpha value is -2.28. The number of methoxy groups -OCH3 is 1. The maximum Gasteiger partial charge on any atom is 0.419 e. The van der Waals surface area contributed by atoms with Crippen molar-refractivity contribution in [1.29, 1.82) is 0 Å². The number of nitrogens with zero attached hydrogens (tertiary/aromatic N) is 3. The first kappa shape index (κ1) is 15.6. The number of hydrogen-bond acceptors (Lipinski definition) is 3. The van der Waals surface area contributed by atoms with Gasteiger partial charge in [0.05, 0.1) is 18.3 Å². The molecule has 0 radical (unpaired) electrons. The van der Waals surface area contributed by atoms with Gasteiger partial charge in [-0.05, 0) is 17.7 Å². The number of ether oxygens (including phenoxy) is 1. The van der Waals surface area contributed by atoms with Crippen molar-refractivity contribution >= 4 is 22.5 Å². The van der Waals surface area contributed by atoms with Crippen LogP contribution in [0.1, 0.15) is 5.56 Å². The van der Waals surface area contributed by atoms with Crippen LogP contribution in [0.3, 0.4) is 0 Å². The first-order valence-corrected chi connectivity index (χ1v) is 6.93. The van der Waals surface area contributed by atoms with Crippen molar-refractivity contribution < 1.29 is 17.9 Å². The predicted octanol–water partition coefficient (Wildman–Crippen LogP) is 4.32. The van der Waals surface area contributed by atoms with Gasteiger partial charge in [0.25, 0.3) is 0 Å². The SMILES string of the molecule is COc1cccc2c(-c3nc(Cl)ncc3C(F)(F)F)cn(C)c12. The van der Waals surface area contributed by atoms with Crippen LogP contribution in [-0.2, 0) is 13.2 Å². The number of hydrogen-bond donors (Lipinski definition) is 0. The average molecular weight is 342 g/mol. The molecule has 3 aromatic rings. The zero-order valence-electron chi connectivity index (χ0n) is 12.1. The molecule has 0 amide bonds. The van der Waals surface area contributed by atoms with Crippen molar-refractivity contribution in [3.63, 3.8) is 0 Å². The van der Waals surface area contributed by atoms with Crippen molar-refractivity contribution in [2.75, 3.05) is 7.11 Å². The van der Waals surface area contributed by atoms with Crippen LogP contribution in [0.15, 0.2) is 30.6 Å². The minimum atomic E-state index is -4.58. The summed E-state index contributed by atoms with van der Waals surface area (Å²) < 4.78 is 46.8. The molecule has 2 heterocycles. The minimum absolute atomic E-state index is 0.243. The summed E-state index contributed by atoms with van der Waals surface area (Å²) in [5, 5.41) is 0.347. The highest BCUT2D eigenvalue weighted by Gasteiger charge is 2.36. The summed E-state index contributed by atoms with van der Waals surface area (Å²) in [7, 11) is 3.23. The largest absolute Gasteiger partial charge is 0.495 e. The molecular weight excluding hydrogens is 331 g/mol. The average Bonchev–Trinajstić information content (AvgIpc) is 2.83. The van der Waals surface area contributed by atoms with E-state index in [0.717, 1.165) is 0 Å². The van der Waals surface area contributed by atoms with Gasteiger partial charge in [-0.25, -0.2) is 9.97 Å². The van der Waals surface area contributed by atoms with E-state index in [2.05, 4.69) is 9.97 Å². The summed E-state index contributed by atoms with van der Waals surface area (Å²) in [6, 6.07) is 5.16. The normalized spacial score (nSPS) is 11.9. The van der Waals surface area contributed by atoms with Gasteiger partial charge in [0.2, 0.25) is 5.28 Å². The molecule has 8 heteroatoms. The number of fused-ring (bicyclic) bond motifs is 1. The van der Waals surface area contributed by atoms with Gasteiger partial charge in [0.15, 0.2) is 0 Å². The lowest BCUT2D eigenvalue weighted by Gasteiger charge is -2.11. The first-order valence-electron chi connectivity index (χ1n) is 6.55. The number of para-hydroxylation sites is 1. The fourth-order valence-corrected chi connectivity index (χ4v) is 2.69. The van der Waals surface area contributed by atoms with Crippen LogP contribution in [0.4, 0.5) is 13.2 Å². The fraction of sp³-hybridized carbons (Fsp3) is 0.200. The number of halogens is 4. The Kier molecular flexibility index (Phi) is 3.68. The standard InChI is InChI=1S/C15H11ClF3N3O/c1-22-7-9(8-4-3-5-11(23-2)13(8)22)12-10(15(17,18)19)6-20-14(16)21-12/h3-7H,1-2H3. The van der Waals surface area contributed by atoms with Crippen molar-refractivity contribution in [3.8, 4) is 17.0 Å². The van der Waals surface area contributed by atoms with Crippen LogP contribution in [-0.4, -0.2) is 21.6 Å². The minimum Gasteiger partial charge on any atom is -0.495 e. The molecule has 0 N–H and O–H groups in total. The molecule has 0 atom stereocenters. The molecule has 2 aromatic heterocycles. The number of alkyl halides is 3. The van der Waals surface area contributed by atoms with E-state index in [4.69, 9.17) is 16.3 Å². The van der Waals surface area contributed by atoms with Crippen LogP contribution >= 0.6 is 11.6 Å². The lowest BCUT2D eigenvalue weighted by Crippen LogP contribution is -2.09. The van der Waals surface area contributed by atoms with Crippen LogP contribution in [0.25, 0.3) is 22.2 Å². The second-order valence-corrected chi connectivity index (χ2v) is 5.25. The summed E-state index contributed by atoms with van der Waals surface area (Å²) in [6.45, 7) is 0. The topological polar surface area (TPSA) is 39.9 Å². The lowest BCUT2D eigenvalue weighted by molar-refractivity contribution is -0.137. The van der Waals surface area contributed by atoms with Crippen molar-refractivity contribution in [2.24, 2.45) is 7.05 Å². The predicted molar refractivity (Wildman–Crippen MR) is 80.5 cm³/mol. The van der Waals surface area contributed by atoms with Crippen LogP contribution in [0.2, 0.25) is 5.28 Å². The first-order chi connectivity index (χ1) is 10.8.